The minimum Gasteiger partial charge on any atom is -0.464 e. The fourth-order valence-corrected chi connectivity index (χ4v) is 2.79. The third kappa shape index (κ3) is 1.78. The van der Waals surface area contributed by atoms with Crippen LogP contribution in [0.3, 0.4) is 0 Å². The van der Waals surface area contributed by atoms with Crippen LogP contribution in [0, 0.1) is 0 Å². The lowest BCUT2D eigenvalue weighted by atomic mass is 10.0. The number of hydrogen-bond donors (Lipinski definition) is 0. The summed E-state index contributed by atoms with van der Waals surface area (Å²) in [7, 11) is 1.96. The number of hydrogen-bond acceptors (Lipinski definition) is 2. The van der Waals surface area contributed by atoms with E-state index < -0.39 is 0 Å². The first-order chi connectivity index (χ1) is 10.2. The average Bonchev–Trinajstić information content (AvgIpc) is 3.11. The predicted octanol–water partition coefficient (Wildman–Crippen LogP) is 4.16. The molecule has 4 rings (SSSR count). The fourth-order valence-electron chi connectivity index (χ4n) is 2.79. The number of aryl methyl sites for hydroxylation is 1. The van der Waals surface area contributed by atoms with Crippen molar-refractivity contribution in [1.82, 2.24) is 4.57 Å². The van der Waals surface area contributed by atoms with Crippen molar-refractivity contribution in [3.05, 3.63) is 72.1 Å². The van der Waals surface area contributed by atoms with Gasteiger partial charge in [0, 0.05) is 40.7 Å². The molecule has 0 saturated heterocycles. The summed E-state index contributed by atoms with van der Waals surface area (Å²) in [6, 6.07) is 15.3. The number of fused-ring (bicyclic) bond motifs is 2. The highest BCUT2D eigenvalue weighted by Gasteiger charge is 2.16. The van der Waals surface area contributed by atoms with Crippen molar-refractivity contribution in [3.63, 3.8) is 0 Å². The van der Waals surface area contributed by atoms with Gasteiger partial charge in [-0.15, -0.1) is 0 Å². The zero-order valence-electron chi connectivity index (χ0n) is 11.5. The predicted molar refractivity (Wildman–Crippen MR) is 82.6 cm³/mol. The van der Waals surface area contributed by atoms with Crippen LogP contribution in [-0.4, -0.2) is 10.4 Å². The Kier molecular flexibility index (Phi) is 2.48. The Hall–Kier alpha value is -2.81. The molecule has 0 fully saturated rings. The molecule has 2 aromatic heterocycles. The minimum atomic E-state index is 0.0369. The molecule has 4 aromatic rings. The number of carbonyl (C=O) groups is 1. The fraction of sp³-hybridized carbons (Fsp3) is 0.0556. The molecule has 102 valence electrons. The van der Waals surface area contributed by atoms with Gasteiger partial charge in [-0.1, -0.05) is 18.2 Å². The van der Waals surface area contributed by atoms with Crippen LogP contribution in [0.1, 0.15) is 15.9 Å². The van der Waals surface area contributed by atoms with E-state index in [-0.39, 0.29) is 5.78 Å². The highest BCUT2D eigenvalue weighted by Crippen LogP contribution is 2.25. The van der Waals surface area contributed by atoms with E-state index in [4.69, 9.17) is 4.42 Å². The standard InChI is InChI=1S/C18H13NO2/c1-19-11-15(14-4-2-3-5-16(14)19)18(20)13-6-7-17-12(10-13)8-9-21-17/h2-11H,1H3. The molecule has 0 aliphatic heterocycles. The molecule has 2 aromatic carbocycles. The van der Waals surface area contributed by atoms with Gasteiger partial charge in [-0.2, -0.15) is 0 Å². The molecule has 0 aliphatic rings. The number of benzene rings is 2. The lowest BCUT2D eigenvalue weighted by Crippen LogP contribution is -2.00. The van der Waals surface area contributed by atoms with E-state index in [1.807, 2.05) is 66.3 Å². The lowest BCUT2D eigenvalue weighted by molar-refractivity contribution is 0.104. The normalized spacial score (nSPS) is 11.3. The quantitative estimate of drug-likeness (QED) is 0.515. The summed E-state index contributed by atoms with van der Waals surface area (Å²) in [5, 5.41) is 1.93. The van der Waals surface area contributed by atoms with Crippen molar-refractivity contribution in [3.8, 4) is 0 Å². The SMILES string of the molecule is Cn1cc(C(=O)c2ccc3occc3c2)c2ccccc21. The van der Waals surface area contributed by atoms with E-state index in [2.05, 4.69) is 0 Å². The zero-order chi connectivity index (χ0) is 14.4. The van der Waals surface area contributed by atoms with Gasteiger partial charge in [-0.05, 0) is 30.3 Å². The summed E-state index contributed by atoms with van der Waals surface area (Å²) in [6.45, 7) is 0. The molecule has 0 amide bonds. The summed E-state index contributed by atoms with van der Waals surface area (Å²) in [5.74, 6) is 0.0369. The molecule has 0 unspecified atom stereocenters. The zero-order valence-corrected chi connectivity index (χ0v) is 11.5. The third-order valence-electron chi connectivity index (χ3n) is 3.86. The number of furan rings is 1. The molecule has 0 saturated carbocycles. The molecular formula is C18H13NO2. The average molecular weight is 275 g/mol. The first-order valence-corrected chi connectivity index (χ1v) is 6.80. The molecule has 0 radical (unpaired) electrons. The summed E-state index contributed by atoms with van der Waals surface area (Å²) in [5.41, 5.74) is 3.27. The van der Waals surface area contributed by atoms with Crippen molar-refractivity contribution in [2.24, 2.45) is 7.05 Å². The van der Waals surface area contributed by atoms with E-state index >= 15 is 0 Å². The summed E-state index contributed by atoms with van der Waals surface area (Å²) < 4.78 is 7.30. The van der Waals surface area contributed by atoms with E-state index in [9.17, 15) is 4.79 Å². The largest absolute Gasteiger partial charge is 0.464 e. The monoisotopic (exact) mass is 275 g/mol. The lowest BCUT2D eigenvalue weighted by Gasteiger charge is -2.00. The molecule has 0 aliphatic carbocycles. The molecule has 2 heterocycles. The maximum Gasteiger partial charge on any atom is 0.195 e. The second kappa shape index (κ2) is 4.35. The second-order valence-corrected chi connectivity index (χ2v) is 5.17. The van der Waals surface area contributed by atoms with Crippen LogP contribution in [0.25, 0.3) is 21.9 Å². The van der Waals surface area contributed by atoms with Crippen molar-refractivity contribution in [1.29, 1.82) is 0 Å². The van der Waals surface area contributed by atoms with Crippen LogP contribution in [-0.2, 0) is 7.05 Å². The summed E-state index contributed by atoms with van der Waals surface area (Å²) in [6.07, 6.45) is 3.53. The first-order valence-electron chi connectivity index (χ1n) is 6.80. The van der Waals surface area contributed by atoms with Crippen LogP contribution in [0.5, 0.6) is 0 Å². The van der Waals surface area contributed by atoms with Crippen LogP contribution in [0.4, 0.5) is 0 Å². The smallest absolute Gasteiger partial charge is 0.195 e. The van der Waals surface area contributed by atoms with Gasteiger partial charge in [-0.3, -0.25) is 4.79 Å². The number of para-hydroxylation sites is 1. The Balaban J connectivity index is 1.89. The van der Waals surface area contributed by atoms with Gasteiger partial charge in [-0.25, -0.2) is 0 Å². The number of nitrogens with zero attached hydrogens (tertiary/aromatic N) is 1. The maximum atomic E-state index is 12.8. The number of aromatic nitrogens is 1. The van der Waals surface area contributed by atoms with Crippen LogP contribution in [0.2, 0.25) is 0 Å². The number of ketones is 1. The maximum absolute atomic E-state index is 12.8. The van der Waals surface area contributed by atoms with Gasteiger partial charge in [0.05, 0.1) is 6.26 Å². The molecule has 0 N–H and O–H groups in total. The van der Waals surface area contributed by atoms with Gasteiger partial charge in [0.2, 0.25) is 0 Å². The van der Waals surface area contributed by atoms with Gasteiger partial charge in [0.25, 0.3) is 0 Å². The van der Waals surface area contributed by atoms with E-state index in [0.717, 1.165) is 27.4 Å². The molecule has 0 atom stereocenters. The molecule has 3 nitrogen and oxygen atoms in total. The van der Waals surface area contributed by atoms with E-state index in [1.54, 1.807) is 6.26 Å². The Bertz CT molecular complexity index is 975. The third-order valence-corrected chi connectivity index (χ3v) is 3.86. The summed E-state index contributed by atoms with van der Waals surface area (Å²) in [4.78, 5) is 12.8. The number of carbonyl (C=O) groups excluding carboxylic acids is 1. The molecule has 21 heavy (non-hydrogen) atoms. The van der Waals surface area contributed by atoms with Crippen LogP contribution >= 0.6 is 0 Å². The Labute approximate surface area is 121 Å². The van der Waals surface area contributed by atoms with Crippen LogP contribution in [0.15, 0.2) is 65.4 Å². The van der Waals surface area contributed by atoms with E-state index in [1.165, 1.54) is 0 Å². The van der Waals surface area contributed by atoms with Gasteiger partial charge >= 0.3 is 0 Å². The Morgan fingerprint density at radius 2 is 1.95 bits per heavy atom. The topological polar surface area (TPSA) is 35.1 Å². The van der Waals surface area contributed by atoms with Crippen molar-refractivity contribution < 1.29 is 9.21 Å². The molecule has 0 spiro atoms. The van der Waals surface area contributed by atoms with Gasteiger partial charge in [0.1, 0.15) is 5.58 Å². The highest BCUT2D eigenvalue weighted by atomic mass is 16.3. The van der Waals surface area contributed by atoms with Crippen molar-refractivity contribution in [2.45, 2.75) is 0 Å². The van der Waals surface area contributed by atoms with E-state index in [0.29, 0.717) is 5.56 Å². The molecular weight excluding hydrogens is 262 g/mol. The minimum absolute atomic E-state index is 0.0369. The summed E-state index contributed by atoms with van der Waals surface area (Å²) >= 11 is 0. The molecule has 0 bridgehead atoms. The Morgan fingerprint density at radius 3 is 2.86 bits per heavy atom. The highest BCUT2D eigenvalue weighted by molar-refractivity contribution is 6.17. The van der Waals surface area contributed by atoms with Crippen molar-refractivity contribution in [2.75, 3.05) is 0 Å². The van der Waals surface area contributed by atoms with Gasteiger partial charge < -0.3 is 8.98 Å². The van der Waals surface area contributed by atoms with Crippen LogP contribution < -0.4 is 0 Å². The van der Waals surface area contributed by atoms with Gasteiger partial charge in [0.15, 0.2) is 5.78 Å². The Morgan fingerprint density at radius 1 is 1.10 bits per heavy atom. The first kappa shape index (κ1) is 12.0. The van der Waals surface area contributed by atoms with Crippen molar-refractivity contribution >= 4 is 27.7 Å². The molecule has 3 heteroatoms. The second-order valence-electron chi connectivity index (χ2n) is 5.17. The number of rotatable bonds is 2.